The molecule has 0 spiro atoms. The second-order valence-corrected chi connectivity index (χ2v) is 3.96. The summed E-state index contributed by atoms with van der Waals surface area (Å²) < 4.78 is 24.4. The molecule has 0 aliphatic heterocycles. The topological polar surface area (TPSA) is 0 Å². The first-order valence-corrected chi connectivity index (χ1v) is 4.55. The highest BCUT2D eigenvalue weighted by Crippen LogP contribution is 2.26. The third-order valence-electron chi connectivity index (χ3n) is 1.62. The van der Waals surface area contributed by atoms with Gasteiger partial charge in [0.1, 0.15) is 0 Å². The van der Waals surface area contributed by atoms with E-state index in [1.165, 1.54) is 12.1 Å². The summed E-state index contributed by atoms with van der Waals surface area (Å²) in [4.78, 5) is 0.121. The normalized spacial score (nSPS) is 13.4. The standard InChI is InChI=1S/C9H9BrF2/c1-6(10)7-3-2-4-8(5-7)9(11)12/h2-6,9H,1H3. The Morgan fingerprint density at radius 1 is 1.25 bits per heavy atom. The highest BCUT2D eigenvalue weighted by atomic mass is 79.9. The molecular formula is C9H9BrF2. The lowest BCUT2D eigenvalue weighted by Gasteiger charge is -2.05. The number of benzene rings is 1. The molecule has 0 heterocycles. The van der Waals surface area contributed by atoms with Gasteiger partial charge in [-0.3, -0.25) is 0 Å². The van der Waals surface area contributed by atoms with Gasteiger partial charge in [-0.1, -0.05) is 34.1 Å². The summed E-state index contributed by atoms with van der Waals surface area (Å²) >= 11 is 3.32. The first kappa shape index (κ1) is 9.65. The lowest BCUT2D eigenvalue weighted by Crippen LogP contribution is -1.88. The molecule has 0 N–H and O–H groups in total. The van der Waals surface area contributed by atoms with Crippen molar-refractivity contribution in [2.24, 2.45) is 0 Å². The van der Waals surface area contributed by atoms with Crippen molar-refractivity contribution >= 4 is 15.9 Å². The average Bonchev–Trinajstić information content (AvgIpc) is 2.04. The molecule has 0 aliphatic rings. The number of hydrogen-bond donors (Lipinski definition) is 0. The monoisotopic (exact) mass is 234 g/mol. The van der Waals surface area contributed by atoms with E-state index >= 15 is 0 Å². The predicted octanol–water partition coefficient (Wildman–Crippen LogP) is 4.08. The molecule has 1 rings (SSSR count). The van der Waals surface area contributed by atoms with Crippen LogP contribution in [0.2, 0.25) is 0 Å². The molecule has 1 aromatic carbocycles. The number of halogens is 3. The van der Waals surface area contributed by atoms with Crippen LogP contribution in [0.15, 0.2) is 24.3 Å². The van der Waals surface area contributed by atoms with Crippen LogP contribution in [0.25, 0.3) is 0 Å². The van der Waals surface area contributed by atoms with Crippen molar-refractivity contribution < 1.29 is 8.78 Å². The van der Waals surface area contributed by atoms with E-state index in [0.29, 0.717) is 0 Å². The SMILES string of the molecule is CC(Br)c1cccc(C(F)F)c1. The van der Waals surface area contributed by atoms with E-state index in [0.717, 1.165) is 5.56 Å². The maximum absolute atomic E-state index is 12.2. The van der Waals surface area contributed by atoms with Gasteiger partial charge >= 0.3 is 0 Å². The van der Waals surface area contributed by atoms with Crippen molar-refractivity contribution in [3.05, 3.63) is 35.4 Å². The second-order valence-electron chi connectivity index (χ2n) is 2.59. The third-order valence-corrected chi connectivity index (χ3v) is 2.15. The zero-order valence-electron chi connectivity index (χ0n) is 6.60. The zero-order valence-corrected chi connectivity index (χ0v) is 8.18. The van der Waals surface area contributed by atoms with Crippen molar-refractivity contribution in [2.45, 2.75) is 18.2 Å². The van der Waals surface area contributed by atoms with Gasteiger partial charge < -0.3 is 0 Å². The Bertz CT molecular complexity index is 235. The van der Waals surface area contributed by atoms with Crippen molar-refractivity contribution in [1.29, 1.82) is 0 Å². The van der Waals surface area contributed by atoms with Crippen LogP contribution in [-0.4, -0.2) is 0 Å². The highest BCUT2D eigenvalue weighted by molar-refractivity contribution is 9.09. The largest absolute Gasteiger partial charge is 0.263 e. The molecule has 0 saturated heterocycles. The molecule has 1 unspecified atom stereocenters. The van der Waals surface area contributed by atoms with Crippen LogP contribution in [0.3, 0.4) is 0 Å². The lowest BCUT2D eigenvalue weighted by molar-refractivity contribution is 0.151. The van der Waals surface area contributed by atoms with Crippen molar-refractivity contribution in [2.75, 3.05) is 0 Å². The first-order valence-electron chi connectivity index (χ1n) is 3.63. The molecule has 0 fully saturated rings. The highest BCUT2D eigenvalue weighted by Gasteiger charge is 2.08. The third kappa shape index (κ3) is 2.27. The Kier molecular flexibility index (Phi) is 3.20. The van der Waals surface area contributed by atoms with E-state index < -0.39 is 6.43 Å². The van der Waals surface area contributed by atoms with E-state index in [9.17, 15) is 8.78 Å². The van der Waals surface area contributed by atoms with Crippen LogP contribution in [0, 0.1) is 0 Å². The Labute approximate surface area is 78.7 Å². The van der Waals surface area contributed by atoms with E-state index in [2.05, 4.69) is 15.9 Å². The van der Waals surface area contributed by atoms with Gasteiger partial charge in [-0.15, -0.1) is 0 Å². The van der Waals surface area contributed by atoms with Crippen molar-refractivity contribution in [3.8, 4) is 0 Å². The minimum Gasteiger partial charge on any atom is -0.205 e. The van der Waals surface area contributed by atoms with Gasteiger partial charge in [0.25, 0.3) is 6.43 Å². The Hall–Kier alpha value is -0.440. The maximum Gasteiger partial charge on any atom is 0.263 e. The van der Waals surface area contributed by atoms with Crippen LogP contribution in [0.1, 0.15) is 29.3 Å². The van der Waals surface area contributed by atoms with Crippen LogP contribution in [0.4, 0.5) is 8.78 Å². The number of alkyl halides is 3. The maximum atomic E-state index is 12.2. The van der Waals surface area contributed by atoms with Crippen LogP contribution >= 0.6 is 15.9 Å². The van der Waals surface area contributed by atoms with Crippen LogP contribution in [-0.2, 0) is 0 Å². The zero-order chi connectivity index (χ0) is 9.14. The summed E-state index contributed by atoms with van der Waals surface area (Å²) in [5.74, 6) is 0. The van der Waals surface area contributed by atoms with E-state index in [-0.39, 0.29) is 10.4 Å². The first-order chi connectivity index (χ1) is 5.61. The van der Waals surface area contributed by atoms with Gasteiger partial charge in [-0.25, -0.2) is 8.78 Å². The molecule has 1 aromatic rings. The predicted molar refractivity (Wildman–Crippen MR) is 48.7 cm³/mol. The molecule has 0 bridgehead atoms. The van der Waals surface area contributed by atoms with Gasteiger partial charge in [-0.05, 0) is 18.6 Å². The Balaban J connectivity index is 2.96. The summed E-state index contributed by atoms with van der Waals surface area (Å²) in [6.45, 7) is 1.91. The molecule has 0 radical (unpaired) electrons. The van der Waals surface area contributed by atoms with E-state index in [1.807, 2.05) is 13.0 Å². The van der Waals surface area contributed by atoms with Gasteiger partial charge in [0.15, 0.2) is 0 Å². The molecule has 66 valence electrons. The number of rotatable bonds is 2. The van der Waals surface area contributed by atoms with Crippen LogP contribution in [0.5, 0.6) is 0 Å². The molecule has 3 heteroatoms. The van der Waals surface area contributed by atoms with Gasteiger partial charge in [0, 0.05) is 10.4 Å². The molecule has 0 amide bonds. The molecule has 0 aliphatic carbocycles. The Morgan fingerprint density at radius 2 is 1.83 bits per heavy atom. The van der Waals surface area contributed by atoms with E-state index in [4.69, 9.17) is 0 Å². The minimum absolute atomic E-state index is 0.0822. The molecule has 0 saturated carbocycles. The van der Waals surface area contributed by atoms with Crippen molar-refractivity contribution in [1.82, 2.24) is 0 Å². The summed E-state index contributed by atoms with van der Waals surface area (Å²) in [6.07, 6.45) is -2.38. The smallest absolute Gasteiger partial charge is 0.205 e. The molecule has 12 heavy (non-hydrogen) atoms. The summed E-state index contributed by atoms with van der Waals surface area (Å²) in [6, 6.07) is 6.42. The van der Waals surface area contributed by atoms with Gasteiger partial charge in [0.2, 0.25) is 0 Å². The molecule has 0 aromatic heterocycles. The molecule has 0 nitrogen and oxygen atoms in total. The lowest BCUT2D eigenvalue weighted by atomic mass is 10.1. The quantitative estimate of drug-likeness (QED) is 0.677. The fourth-order valence-corrected chi connectivity index (χ4v) is 1.23. The van der Waals surface area contributed by atoms with Gasteiger partial charge in [0.05, 0.1) is 0 Å². The summed E-state index contributed by atoms with van der Waals surface area (Å²) in [5, 5.41) is 0. The number of hydrogen-bond acceptors (Lipinski definition) is 0. The summed E-state index contributed by atoms with van der Waals surface area (Å²) in [5.41, 5.74) is 0.964. The fraction of sp³-hybridized carbons (Fsp3) is 0.333. The summed E-state index contributed by atoms with van der Waals surface area (Å²) in [7, 11) is 0. The minimum atomic E-state index is -2.38. The fourth-order valence-electron chi connectivity index (χ4n) is 0.942. The van der Waals surface area contributed by atoms with E-state index in [1.54, 1.807) is 6.07 Å². The molecule has 1 atom stereocenters. The molecular weight excluding hydrogens is 226 g/mol. The second kappa shape index (κ2) is 3.99. The Morgan fingerprint density at radius 3 is 2.33 bits per heavy atom. The van der Waals surface area contributed by atoms with Crippen molar-refractivity contribution in [3.63, 3.8) is 0 Å². The average molecular weight is 235 g/mol. The van der Waals surface area contributed by atoms with Gasteiger partial charge in [-0.2, -0.15) is 0 Å². The van der Waals surface area contributed by atoms with Crippen LogP contribution < -0.4 is 0 Å².